The first kappa shape index (κ1) is 19.7. The second kappa shape index (κ2) is 8.43. The first-order chi connectivity index (χ1) is 14.0. The molecule has 1 saturated heterocycles. The van der Waals surface area contributed by atoms with Gasteiger partial charge in [-0.25, -0.2) is 4.99 Å². The zero-order valence-corrected chi connectivity index (χ0v) is 18.5. The van der Waals surface area contributed by atoms with Gasteiger partial charge < -0.3 is 4.42 Å². The van der Waals surface area contributed by atoms with Crippen molar-refractivity contribution in [1.29, 1.82) is 0 Å². The predicted octanol–water partition coefficient (Wildman–Crippen LogP) is 6.51. The van der Waals surface area contributed by atoms with E-state index in [0.717, 1.165) is 33.5 Å². The summed E-state index contributed by atoms with van der Waals surface area (Å²) in [5.41, 5.74) is 3.04. The molecule has 0 aliphatic carbocycles. The topological polar surface area (TPSA) is 45.8 Å². The van der Waals surface area contributed by atoms with Crippen molar-refractivity contribution in [2.24, 2.45) is 4.99 Å². The van der Waals surface area contributed by atoms with Crippen molar-refractivity contribution in [3.63, 3.8) is 0 Å². The third-order valence-electron chi connectivity index (χ3n) is 4.62. The van der Waals surface area contributed by atoms with Crippen molar-refractivity contribution in [3.05, 3.63) is 81.4 Å². The van der Waals surface area contributed by atoms with Gasteiger partial charge in [0.05, 0.1) is 10.6 Å². The number of benzene rings is 2. The molecule has 2 aromatic carbocycles. The zero-order valence-electron chi connectivity index (χ0n) is 16.1. The van der Waals surface area contributed by atoms with Crippen LogP contribution < -0.4 is 0 Å². The maximum Gasteiger partial charge on any atom is 0.266 e. The summed E-state index contributed by atoms with van der Waals surface area (Å²) in [6, 6.07) is 19.7. The minimum absolute atomic E-state index is 0.0793. The number of nitrogens with zero attached hydrogens (tertiary/aromatic N) is 2. The summed E-state index contributed by atoms with van der Waals surface area (Å²) in [5.74, 6) is 1.32. The van der Waals surface area contributed by atoms with Gasteiger partial charge in [0.15, 0.2) is 5.17 Å². The van der Waals surface area contributed by atoms with Gasteiger partial charge >= 0.3 is 0 Å². The molecule has 1 aliphatic rings. The van der Waals surface area contributed by atoms with Gasteiger partial charge in [-0.1, -0.05) is 53.2 Å². The van der Waals surface area contributed by atoms with Crippen molar-refractivity contribution < 1.29 is 9.21 Å². The highest BCUT2D eigenvalue weighted by Gasteiger charge is 2.30. The second-order valence-electron chi connectivity index (χ2n) is 6.56. The number of carbonyl (C=O) groups is 1. The molecule has 146 valence electrons. The number of carbonyl (C=O) groups excluding carboxylic acids is 1. The number of amides is 1. The summed E-state index contributed by atoms with van der Waals surface area (Å²) in [4.78, 5) is 19.6. The molecule has 0 unspecified atom stereocenters. The summed E-state index contributed by atoms with van der Waals surface area (Å²) in [5, 5.41) is 0.668. The molecule has 4 nitrogen and oxygen atoms in total. The Kier molecular flexibility index (Phi) is 5.74. The molecule has 1 aliphatic heterocycles. The number of hydrogen-bond acceptors (Lipinski definition) is 4. The van der Waals surface area contributed by atoms with Crippen LogP contribution in [-0.4, -0.2) is 23.0 Å². The van der Waals surface area contributed by atoms with Crippen LogP contribution in [0.1, 0.15) is 18.2 Å². The van der Waals surface area contributed by atoms with Gasteiger partial charge in [0.2, 0.25) is 0 Å². The van der Waals surface area contributed by atoms with E-state index in [1.165, 1.54) is 11.8 Å². The largest absolute Gasteiger partial charge is 0.457 e. The highest BCUT2D eigenvalue weighted by atomic mass is 79.9. The lowest BCUT2D eigenvalue weighted by molar-refractivity contribution is -0.121. The highest BCUT2D eigenvalue weighted by molar-refractivity contribution is 9.10. The van der Waals surface area contributed by atoms with Crippen LogP contribution >= 0.6 is 27.7 Å². The Hall–Kier alpha value is -2.57. The number of aryl methyl sites for hydroxylation is 1. The normalized spacial score (nSPS) is 16.9. The lowest BCUT2D eigenvalue weighted by Gasteiger charge is -2.08. The van der Waals surface area contributed by atoms with Crippen LogP contribution in [0.25, 0.3) is 17.4 Å². The summed E-state index contributed by atoms with van der Waals surface area (Å²) >= 11 is 4.80. The zero-order chi connectivity index (χ0) is 20.4. The summed E-state index contributed by atoms with van der Waals surface area (Å²) in [6.45, 7) is 2.10. The summed E-state index contributed by atoms with van der Waals surface area (Å²) < 4.78 is 6.95. The molecule has 0 radical (unpaired) electrons. The van der Waals surface area contributed by atoms with Crippen LogP contribution in [0.5, 0.6) is 0 Å². The Balaban J connectivity index is 1.60. The maximum absolute atomic E-state index is 12.7. The number of hydrogen-bond donors (Lipinski definition) is 0. The smallest absolute Gasteiger partial charge is 0.266 e. The number of halogens is 1. The van der Waals surface area contributed by atoms with E-state index in [4.69, 9.17) is 9.41 Å². The van der Waals surface area contributed by atoms with E-state index >= 15 is 0 Å². The Morgan fingerprint density at radius 2 is 1.86 bits per heavy atom. The number of para-hydroxylation sites is 1. The van der Waals surface area contributed by atoms with E-state index in [-0.39, 0.29) is 5.91 Å². The van der Waals surface area contributed by atoms with Crippen LogP contribution in [0.2, 0.25) is 0 Å². The van der Waals surface area contributed by atoms with E-state index in [0.29, 0.717) is 15.8 Å². The first-order valence-electron chi connectivity index (χ1n) is 9.25. The van der Waals surface area contributed by atoms with E-state index in [9.17, 15) is 4.79 Å². The third kappa shape index (κ3) is 4.23. The summed E-state index contributed by atoms with van der Waals surface area (Å²) in [7, 11) is 1.75. The lowest BCUT2D eigenvalue weighted by Crippen LogP contribution is -2.23. The van der Waals surface area contributed by atoms with Crippen molar-refractivity contribution in [2.45, 2.75) is 13.3 Å². The number of thioether (sulfide) groups is 1. The molecule has 2 heterocycles. The van der Waals surface area contributed by atoms with Crippen molar-refractivity contribution in [1.82, 2.24) is 4.90 Å². The van der Waals surface area contributed by atoms with Gasteiger partial charge in [-0.15, -0.1) is 0 Å². The Morgan fingerprint density at radius 3 is 2.62 bits per heavy atom. The molecule has 0 saturated carbocycles. The monoisotopic (exact) mass is 466 g/mol. The van der Waals surface area contributed by atoms with Gasteiger partial charge in [0.1, 0.15) is 11.5 Å². The quantitative estimate of drug-likeness (QED) is 0.411. The van der Waals surface area contributed by atoms with Gasteiger partial charge in [-0.2, -0.15) is 0 Å². The highest BCUT2D eigenvalue weighted by Crippen LogP contribution is 2.35. The summed E-state index contributed by atoms with van der Waals surface area (Å²) in [6.07, 6.45) is 2.67. The van der Waals surface area contributed by atoms with Gasteiger partial charge in [-0.05, 0) is 54.1 Å². The van der Waals surface area contributed by atoms with Gasteiger partial charge in [0.25, 0.3) is 5.91 Å². The molecule has 1 fully saturated rings. The standard InChI is InChI=1S/C23H19BrN2O2S/c1-3-15-6-4-5-7-19(15)25-23-26(2)22(27)21(29-23)14-18-12-13-20(28-18)16-8-10-17(24)11-9-16/h4-14H,3H2,1-2H3/b21-14+,25-23?. The lowest BCUT2D eigenvalue weighted by atomic mass is 10.1. The van der Waals surface area contributed by atoms with E-state index in [1.54, 1.807) is 18.0 Å². The van der Waals surface area contributed by atoms with Crippen LogP contribution in [0.15, 0.2) is 79.5 Å². The van der Waals surface area contributed by atoms with Crippen LogP contribution in [0, 0.1) is 0 Å². The molecular formula is C23H19BrN2O2S. The SMILES string of the molecule is CCc1ccccc1N=C1S/C(=C/c2ccc(-c3ccc(Br)cc3)o2)C(=O)N1C. The van der Waals surface area contributed by atoms with E-state index < -0.39 is 0 Å². The molecule has 3 aromatic rings. The first-order valence-corrected chi connectivity index (χ1v) is 10.9. The Morgan fingerprint density at radius 1 is 1.10 bits per heavy atom. The molecule has 0 atom stereocenters. The molecule has 1 aromatic heterocycles. The molecule has 0 spiro atoms. The Labute approximate surface area is 182 Å². The average Bonchev–Trinajstić information content (AvgIpc) is 3.30. The molecule has 6 heteroatoms. The molecule has 0 N–H and O–H groups in total. The molecule has 0 bridgehead atoms. The number of aliphatic imine (C=N–C) groups is 1. The van der Waals surface area contributed by atoms with Crippen molar-refractivity contribution in [2.75, 3.05) is 7.05 Å². The fourth-order valence-electron chi connectivity index (χ4n) is 3.00. The fourth-order valence-corrected chi connectivity index (χ4v) is 4.23. The number of likely N-dealkylation sites (N-methyl/N-ethyl adjacent to an activating group) is 1. The molecule has 4 rings (SSSR count). The van der Waals surface area contributed by atoms with Gasteiger partial charge in [0, 0.05) is 23.2 Å². The third-order valence-corrected chi connectivity index (χ3v) is 6.21. The number of rotatable bonds is 4. The Bertz CT molecular complexity index is 1120. The van der Waals surface area contributed by atoms with Crippen LogP contribution in [0.4, 0.5) is 5.69 Å². The van der Waals surface area contributed by atoms with E-state index in [2.05, 4.69) is 28.9 Å². The number of furan rings is 1. The van der Waals surface area contributed by atoms with Crippen LogP contribution in [-0.2, 0) is 11.2 Å². The minimum atomic E-state index is -0.0793. The maximum atomic E-state index is 12.7. The van der Waals surface area contributed by atoms with Crippen LogP contribution in [0.3, 0.4) is 0 Å². The van der Waals surface area contributed by atoms with Crippen molar-refractivity contribution in [3.8, 4) is 11.3 Å². The average molecular weight is 467 g/mol. The predicted molar refractivity (Wildman–Crippen MR) is 123 cm³/mol. The molecule has 29 heavy (non-hydrogen) atoms. The van der Waals surface area contributed by atoms with Crippen molar-refractivity contribution >= 4 is 50.5 Å². The number of amidine groups is 1. The second-order valence-corrected chi connectivity index (χ2v) is 8.49. The van der Waals surface area contributed by atoms with Gasteiger partial charge in [-0.3, -0.25) is 9.69 Å². The fraction of sp³-hybridized carbons (Fsp3) is 0.130. The molecular weight excluding hydrogens is 448 g/mol. The van der Waals surface area contributed by atoms with E-state index in [1.807, 2.05) is 54.6 Å². The minimum Gasteiger partial charge on any atom is -0.457 e. The molecule has 1 amide bonds.